The Morgan fingerprint density at radius 1 is 1.33 bits per heavy atom. The summed E-state index contributed by atoms with van der Waals surface area (Å²) in [4.78, 5) is 21.1. The van der Waals surface area contributed by atoms with Gasteiger partial charge >= 0.3 is 5.97 Å². The van der Waals surface area contributed by atoms with E-state index in [0.717, 1.165) is 0 Å². The average Bonchev–Trinajstić information content (AvgIpc) is 2.27. The summed E-state index contributed by atoms with van der Waals surface area (Å²) in [6, 6.07) is 0. The molecule has 0 bridgehead atoms. The monoisotopic (exact) mass is 282 g/mol. The fourth-order valence-corrected chi connectivity index (χ4v) is 2.09. The maximum absolute atomic E-state index is 11.4. The van der Waals surface area contributed by atoms with Crippen molar-refractivity contribution in [3.8, 4) is 0 Å². The third-order valence-electron chi connectivity index (χ3n) is 1.83. The Hall–Kier alpha value is -1.19. The van der Waals surface area contributed by atoms with Crippen molar-refractivity contribution in [2.45, 2.75) is 12.8 Å². The van der Waals surface area contributed by atoms with Crippen molar-refractivity contribution in [1.29, 1.82) is 0 Å². The van der Waals surface area contributed by atoms with Gasteiger partial charge in [-0.3, -0.25) is 9.59 Å². The van der Waals surface area contributed by atoms with Crippen molar-refractivity contribution in [2.75, 3.05) is 32.6 Å². The van der Waals surface area contributed by atoms with Gasteiger partial charge in [-0.05, 0) is 6.42 Å². The molecule has 0 unspecified atom stereocenters. The molecule has 3 N–H and O–H groups in total. The van der Waals surface area contributed by atoms with Crippen LogP contribution in [-0.2, 0) is 29.1 Å². The van der Waals surface area contributed by atoms with Crippen molar-refractivity contribution >= 4 is 21.9 Å². The third-order valence-corrected chi connectivity index (χ3v) is 3.30. The molecule has 0 radical (unpaired) electrons. The SMILES string of the molecule is COC(=O)CCCS(=O)(=O)NCCOCC(N)=O. The first-order valence-electron chi connectivity index (χ1n) is 5.27. The van der Waals surface area contributed by atoms with Gasteiger partial charge < -0.3 is 15.2 Å². The molecule has 0 aromatic carbocycles. The Balaban J connectivity index is 3.67. The first-order valence-corrected chi connectivity index (χ1v) is 6.93. The summed E-state index contributed by atoms with van der Waals surface area (Å²) in [5.74, 6) is -1.23. The molecule has 0 aliphatic carbocycles. The van der Waals surface area contributed by atoms with Crippen molar-refractivity contribution in [1.82, 2.24) is 4.72 Å². The maximum atomic E-state index is 11.4. The Morgan fingerprint density at radius 2 is 2.00 bits per heavy atom. The Morgan fingerprint density at radius 3 is 2.56 bits per heavy atom. The molecule has 1 amide bonds. The van der Waals surface area contributed by atoms with Crippen LogP contribution in [-0.4, -0.2) is 52.9 Å². The maximum Gasteiger partial charge on any atom is 0.305 e. The normalized spacial score (nSPS) is 11.2. The molecule has 8 nitrogen and oxygen atoms in total. The second kappa shape index (κ2) is 8.84. The minimum atomic E-state index is -3.44. The van der Waals surface area contributed by atoms with Crippen LogP contribution in [0.15, 0.2) is 0 Å². The zero-order valence-corrected chi connectivity index (χ0v) is 11.0. The lowest BCUT2D eigenvalue weighted by molar-refractivity contribution is -0.140. The van der Waals surface area contributed by atoms with E-state index in [1.54, 1.807) is 0 Å². The summed E-state index contributed by atoms with van der Waals surface area (Å²) < 4.78 is 34.2. The lowest BCUT2D eigenvalue weighted by atomic mass is 10.3. The molecule has 0 atom stereocenters. The number of hydrogen-bond donors (Lipinski definition) is 2. The molecule has 0 saturated carbocycles. The van der Waals surface area contributed by atoms with Crippen LogP contribution in [0.5, 0.6) is 0 Å². The molecule has 0 fully saturated rings. The lowest BCUT2D eigenvalue weighted by Gasteiger charge is -2.06. The van der Waals surface area contributed by atoms with E-state index < -0.39 is 21.9 Å². The largest absolute Gasteiger partial charge is 0.469 e. The fourth-order valence-electron chi connectivity index (χ4n) is 1.02. The number of amides is 1. The Labute approximate surface area is 106 Å². The van der Waals surface area contributed by atoms with Gasteiger partial charge in [0, 0.05) is 13.0 Å². The van der Waals surface area contributed by atoms with Crippen LogP contribution in [0.25, 0.3) is 0 Å². The second-order valence-electron chi connectivity index (χ2n) is 3.41. The highest BCUT2D eigenvalue weighted by Gasteiger charge is 2.11. The average molecular weight is 282 g/mol. The lowest BCUT2D eigenvalue weighted by Crippen LogP contribution is -2.30. The minimum Gasteiger partial charge on any atom is -0.469 e. The number of methoxy groups -OCH3 is 1. The van der Waals surface area contributed by atoms with Gasteiger partial charge in [-0.15, -0.1) is 0 Å². The summed E-state index contributed by atoms with van der Waals surface area (Å²) in [6.45, 7) is -0.142. The van der Waals surface area contributed by atoms with E-state index in [9.17, 15) is 18.0 Å². The fraction of sp³-hybridized carbons (Fsp3) is 0.778. The quantitative estimate of drug-likeness (QED) is 0.366. The summed E-state index contributed by atoms with van der Waals surface area (Å²) in [7, 11) is -2.20. The van der Waals surface area contributed by atoms with Crippen LogP contribution in [0.2, 0.25) is 0 Å². The van der Waals surface area contributed by atoms with Gasteiger partial charge in [0.15, 0.2) is 0 Å². The minimum absolute atomic E-state index is 0.0494. The van der Waals surface area contributed by atoms with E-state index in [2.05, 4.69) is 9.46 Å². The third kappa shape index (κ3) is 10.00. The molecule has 106 valence electrons. The molecule has 0 aliphatic rings. The molecule has 18 heavy (non-hydrogen) atoms. The topological polar surface area (TPSA) is 125 Å². The van der Waals surface area contributed by atoms with Crippen molar-refractivity contribution in [3.05, 3.63) is 0 Å². The molecule has 0 aromatic heterocycles. The number of nitrogens with one attached hydrogen (secondary N) is 1. The molecular formula is C9H18N2O6S. The van der Waals surface area contributed by atoms with Crippen LogP contribution >= 0.6 is 0 Å². The number of carbonyl (C=O) groups is 2. The van der Waals surface area contributed by atoms with Crippen molar-refractivity contribution < 1.29 is 27.5 Å². The van der Waals surface area contributed by atoms with Gasteiger partial charge in [0.25, 0.3) is 0 Å². The van der Waals surface area contributed by atoms with Gasteiger partial charge in [-0.1, -0.05) is 0 Å². The van der Waals surface area contributed by atoms with Gasteiger partial charge in [0.05, 0.1) is 19.5 Å². The van der Waals surface area contributed by atoms with E-state index in [-0.39, 0.29) is 38.4 Å². The Kier molecular flexibility index (Phi) is 8.25. The van der Waals surface area contributed by atoms with Gasteiger partial charge in [-0.2, -0.15) is 0 Å². The molecule has 0 aliphatic heterocycles. The van der Waals surface area contributed by atoms with E-state index in [1.165, 1.54) is 7.11 Å². The first-order chi connectivity index (χ1) is 8.37. The zero-order chi connectivity index (χ0) is 14.0. The van der Waals surface area contributed by atoms with Crippen molar-refractivity contribution in [3.63, 3.8) is 0 Å². The smallest absolute Gasteiger partial charge is 0.305 e. The summed E-state index contributed by atoms with van der Waals surface area (Å²) in [5.41, 5.74) is 4.82. The number of hydrogen-bond acceptors (Lipinski definition) is 6. The van der Waals surface area contributed by atoms with Crippen molar-refractivity contribution in [2.24, 2.45) is 5.73 Å². The number of carbonyl (C=O) groups excluding carboxylic acids is 2. The molecular weight excluding hydrogens is 264 g/mol. The highest BCUT2D eigenvalue weighted by Crippen LogP contribution is 1.96. The number of sulfonamides is 1. The van der Waals surface area contributed by atoms with Gasteiger partial charge in [-0.25, -0.2) is 13.1 Å². The molecule has 0 spiro atoms. The highest BCUT2D eigenvalue weighted by molar-refractivity contribution is 7.89. The Bertz CT molecular complexity index is 367. The number of rotatable bonds is 10. The standard InChI is InChI=1S/C9H18N2O6S/c1-16-9(13)3-2-6-18(14,15)11-4-5-17-7-8(10)12/h11H,2-7H2,1H3,(H2,10,12). The molecule has 0 rings (SSSR count). The highest BCUT2D eigenvalue weighted by atomic mass is 32.2. The van der Waals surface area contributed by atoms with E-state index in [0.29, 0.717) is 0 Å². The molecule has 0 aromatic rings. The van der Waals surface area contributed by atoms with Crippen LogP contribution in [0.3, 0.4) is 0 Å². The number of primary amides is 1. The summed E-state index contributed by atoms with van der Waals surface area (Å²) in [5, 5.41) is 0. The van der Waals surface area contributed by atoms with Gasteiger partial charge in [0.1, 0.15) is 6.61 Å². The second-order valence-corrected chi connectivity index (χ2v) is 5.34. The first kappa shape index (κ1) is 16.8. The van der Waals surface area contributed by atoms with E-state index >= 15 is 0 Å². The van der Waals surface area contributed by atoms with E-state index in [4.69, 9.17) is 10.5 Å². The molecule has 9 heteroatoms. The van der Waals surface area contributed by atoms with E-state index in [1.807, 2.05) is 0 Å². The summed E-state index contributed by atoms with van der Waals surface area (Å²) in [6.07, 6.45) is 0.236. The van der Waals surface area contributed by atoms with Crippen LogP contribution in [0.1, 0.15) is 12.8 Å². The van der Waals surface area contributed by atoms with Crippen LogP contribution < -0.4 is 10.5 Å². The number of esters is 1. The summed E-state index contributed by atoms with van der Waals surface area (Å²) >= 11 is 0. The van der Waals surface area contributed by atoms with Gasteiger partial charge in [0.2, 0.25) is 15.9 Å². The molecule has 0 heterocycles. The predicted molar refractivity (Wildman–Crippen MR) is 63.1 cm³/mol. The predicted octanol–water partition coefficient (Wildman–Crippen LogP) is -1.64. The van der Waals surface area contributed by atoms with Crippen LogP contribution in [0, 0.1) is 0 Å². The number of ether oxygens (including phenoxy) is 2. The number of nitrogens with two attached hydrogens (primary N) is 1. The molecule has 0 saturated heterocycles. The van der Waals surface area contributed by atoms with Crippen LogP contribution in [0.4, 0.5) is 0 Å². The zero-order valence-electron chi connectivity index (χ0n) is 10.2.